The number of ether oxygens (including phenoxy) is 1. The fourth-order valence-electron chi connectivity index (χ4n) is 1.73. The molecule has 2 aromatic rings. The van der Waals surface area contributed by atoms with E-state index >= 15 is 0 Å². The molecule has 0 aliphatic rings. The molecule has 0 bridgehead atoms. The Balaban J connectivity index is 1.72. The molecular weight excluding hydrogens is 275 g/mol. The summed E-state index contributed by atoms with van der Waals surface area (Å²) in [6, 6.07) is 6.74. The highest BCUT2D eigenvalue weighted by Crippen LogP contribution is 2.08. The van der Waals surface area contributed by atoms with Gasteiger partial charge in [-0.25, -0.2) is 4.98 Å². The monoisotopic (exact) mass is 292 g/mol. The van der Waals surface area contributed by atoms with Gasteiger partial charge in [0.05, 0.1) is 11.2 Å². The van der Waals surface area contributed by atoms with Gasteiger partial charge in [-0.1, -0.05) is 12.1 Å². The zero-order valence-electron chi connectivity index (χ0n) is 11.3. The zero-order valence-corrected chi connectivity index (χ0v) is 12.1. The summed E-state index contributed by atoms with van der Waals surface area (Å²) in [4.78, 5) is 6.38. The van der Waals surface area contributed by atoms with Crippen LogP contribution in [0, 0.1) is 0 Å². The van der Waals surface area contributed by atoms with E-state index in [1.54, 1.807) is 35.6 Å². The molecule has 2 N–H and O–H groups in total. The van der Waals surface area contributed by atoms with Gasteiger partial charge >= 0.3 is 7.12 Å². The van der Waals surface area contributed by atoms with Crippen LogP contribution in [-0.4, -0.2) is 47.2 Å². The normalized spacial score (nSPS) is 10.8. The van der Waals surface area contributed by atoms with Crippen LogP contribution in [0.1, 0.15) is 5.69 Å². The molecule has 0 aliphatic carbocycles. The first-order valence-corrected chi connectivity index (χ1v) is 7.24. The third-order valence-electron chi connectivity index (χ3n) is 2.84. The summed E-state index contributed by atoms with van der Waals surface area (Å²) in [7, 11) is 0.585. The van der Waals surface area contributed by atoms with Gasteiger partial charge in [0.15, 0.2) is 0 Å². The van der Waals surface area contributed by atoms with E-state index in [1.807, 2.05) is 17.9 Å². The number of hydrogen-bond donors (Lipinski definition) is 2. The van der Waals surface area contributed by atoms with Crippen LogP contribution in [0.25, 0.3) is 0 Å². The summed E-state index contributed by atoms with van der Waals surface area (Å²) in [5, 5.41) is 20.0. The number of nitrogens with zero attached hydrogens (tertiary/aromatic N) is 2. The summed E-state index contributed by atoms with van der Waals surface area (Å²) >= 11 is 1.60. The third-order valence-corrected chi connectivity index (χ3v) is 3.47. The Kier molecular flexibility index (Phi) is 5.54. The largest absolute Gasteiger partial charge is 0.492 e. The Labute approximate surface area is 122 Å². The van der Waals surface area contributed by atoms with Crippen LogP contribution in [0.4, 0.5) is 0 Å². The topological polar surface area (TPSA) is 65.8 Å². The van der Waals surface area contributed by atoms with Crippen LogP contribution in [0.3, 0.4) is 0 Å². The van der Waals surface area contributed by atoms with E-state index in [0.29, 0.717) is 12.1 Å². The van der Waals surface area contributed by atoms with Crippen LogP contribution < -0.4 is 10.2 Å². The molecule has 0 amide bonds. The Bertz CT molecular complexity index is 505. The van der Waals surface area contributed by atoms with Gasteiger partial charge < -0.3 is 14.8 Å². The van der Waals surface area contributed by atoms with Gasteiger partial charge in [0.2, 0.25) is 0 Å². The zero-order chi connectivity index (χ0) is 14.4. The van der Waals surface area contributed by atoms with Crippen molar-refractivity contribution in [3.63, 3.8) is 0 Å². The Morgan fingerprint density at radius 3 is 2.65 bits per heavy atom. The van der Waals surface area contributed by atoms with Crippen molar-refractivity contribution in [1.82, 2.24) is 9.88 Å². The van der Waals surface area contributed by atoms with Crippen molar-refractivity contribution in [3.8, 4) is 5.75 Å². The predicted molar refractivity (Wildman–Crippen MR) is 80.2 cm³/mol. The molecule has 1 heterocycles. The van der Waals surface area contributed by atoms with E-state index in [2.05, 4.69) is 9.88 Å². The molecule has 7 heteroatoms. The average molecular weight is 292 g/mol. The van der Waals surface area contributed by atoms with E-state index in [1.165, 1.54) is 0 Å². The maximum absolute atomic E-state index is 8.99. The second kappa shape index (κ2) is 7.40. The van der Waals surface area contributed by atoms with Gasteiger partial charge in [-0.15, -0.1) is 11.3 Å². The van der Waals surface area contributed by atoms with Crippen LogP contribution >= 0.6 is 11.3 Å². The second-order valence-corrected chi connectivity index (χ2v) is 5.23. The smallest absolute Gasteiger partial charge is 0.488 e. The molecule has 2 rings (SSSR count). The minimum atomic E-state index is -1.44. The molecule has 0 saturated carbocycles. The molecule has 5 nitrogen and oxygen atoms in total. The number of benzene rings is 1. The average Bonchev–Trinajstić information content (AvgIpc) is 2.92. The molecule has 0 aliphatic heterocycles. The quantitative estimate of drug-likeness (QED) is 0.720. The van der Waals surface area contributed by atoms with Gasteiger partial charge in [-0.2, -0.15) is 0 Å². The molecule has 1 aromatic heterocycles. The van der Waals surface area contributed by atoms with Crippen molar-refractivity contribution in [3.05, 3.63) is 40.8 Å². The van der Waals surface area contributed by atoms with E-state index < -0.39 is 7.12 Å². The van der Waals surface area contributed by atoms with Crippen molar-refractivity contribution in [2.75, 3.05) is 20.2 Å². The number of thiazole rings is 1. The number of aromatic nitrogens is 1. The number of hydrogen-bond acceptors (Lipinski definition) is 6. The first-order chi connectivity index (χ1) is 9.65. The summed E-state index contributed by atoms with van der Waals surface area (Å²) in [6.45, 7) is 2.17. The summed E-state index contributed by atoms with van der Waals surface area (Å²) < 4.78 is 5.61. The lowest BCUT2D eigenvalue weighted by Crippen LogP contribution is -2.29. The van der Waals surface area contributed by atoms with Gasteiger partial charge in [-0.3, -0.25) is 4.90 Å². The highest BCUT2D eigenvalue weighted by molar-refractivity contribution is 7.07. The molecule has 0 saturated heterocycles. The predicted octanol–water partition coefficient (Wildman–Crippen LogP) is 0.334. The highest BCUT2D eigenvalue weighted by Gasteiger charge is 2.10. The first kappa shape index (κ1) is 15.0. The molecule has 1 aromatic carbocycles. The Hall–Kier alpha value is -1.41. The molecule has 106 valence electrons. The van der Waals surface area contributed by atoms with Crippen molar-refractivity contribution < 1.29 is 14.8 Å². The minimum Gasteiger partial charge on any atom is -0.492 e. The van der Waals surface area contributed by atoms with E-state index in [-0.39, 0.29) is 0 Å². The van der Waals surface area contributed by atoms with Gasteiger partial charge in [-0.05, 0) is 24.6 Å². The van der Waals surface area contributed by atoms with Crippen LogP contribution in [0.5, 0.6) is 5.75 Å². The standard InChI is InChI=1S/C13H17BN2O3S/c1-16(8-12-9-20-10-15-12)6-7-19-13-4-2-11(3-5-13)14(17)18/h2-5,9-10,17-18H,6-8H2,1H3. The maximum Gasteiger partial charge on any atom is 0.488 e. The van der Waals surface area contributed by atoms with Crippen LogP contribution in [0.15, 0.2) is 35.2 Å². The molecule has 0 radical (unpaired) electrons. The Morgan fingerprint density at radius 2 is 2.05 bits per heavy atom. The molecule has 0 spiro atoms. The fourth-order valence-corrected chi connectivity index (χ4v) is 2.28. The Morgan fingerprint density at radius 1 is 1.30 bits per heavy atom. The summed E-state index contributed by atoms with van der Waals surface area (Å²) in [6.07, 6.45) is 0. The number of rotatable bonds is 7. The second-order valence-electron chi connectivity index (χ2n) is 4.51. The summed E-state index contributed by atoms with van der Waals surface area (Å²) in [5.41, 5.74) is 3.35. The maximum atomic E-state index is 8.99. The number of likely N-dealkylation sites (N-methyl/N-ethyl adjacent to an activating group) is 1. The lowest BCUT2D eigenvalue weighted by Gasteiger charge is -2.15. The van der Waals surface area contributed by atoms with Crippen molar-refractivity contribution in [1.29, 1.82) is 0 Å². The van der Waals surface area contributed by atoms with Gasteiger partial charge in [0.25, 0.3) is 0 Å². The lowest BCUT2D eigenvalue weighted by atomic mass is 9.80. The van der Waals surface area contributed by atoms with Crippen LogP contribution in [-0.2, 0) is 6.54 Å². The van der Waals surface area contributed by atoms with Crippen molar-refractivity contribution in [2.45, 2.75) is 6.54 Å². The third kappa shape index (κ3) is 4.61. The van der Waals surface area contributed by atoms with E-state index in [0.717, 1.165) is 24.5 Å². The van der Waals surface area contributed by atoms with Crippen LogP contribution in [0.2, 0.25) is 0 Å². The van der Waals surface area contributed by atoms with E-state index in [4.69, 9.17) is 14.8 Å². The minimum absolute atomic E-state index is 0.456. The van der Waals surface area contributed by atoms with Crippen molar-refractivity contribution >= 4 is 23.9 Å². The SMILES string of the molecule is CN(CCOc1ccc(B(O)O)cc1)Cc1cscn1. The molecule has 0 fully saturated rings. The van der Waals surface area contributed by atoms with E-state index in [9.17, 15) is 0 Å². The lowest BCUT2D eigenvalue weighted by molar-refractivity contribution is 0.231. The van der Waals surface area contributed by atoms with Crippen molar-refractivity contribution in [2.24, 2.45) is 0 Å². The highest BCUT2D eigenvalue weighted by atomic mass is 32.1. The fraction of sp³-hybridized carbons (Fsp3) is 0.308. The molecule has 20 heavy (non-hydrogen) atoms. The molecular formula is C13H17BN2O3S. The first-order valence-electron chi connectivity index (χ1n) is 6.29. The van der Waals surface area contributed by atoms with Gasteiger partial charge in [0.1, 0.15) is 12.4 Å². The summed E-state index contributed by atoms with van der Waals surface area (Å²) in [5.74, 6) is 0.719. The molecule has 0 unspecified atom stereocenters. The molecule has 0 atom stereocenters. The van der Waals surface area contributed by atoms with Gasteiger partial charge in [0, 0.05) is 18.5 Å².